The molecule has 3 aromatic heterocycles. The molecule has 0 atom stereocenters. The second-order valence-corrected chi connectivity index (χ2v) is 7.85. The minimum absolute atomic E-state index is 0.373. The Balaban J connectivity index is 1.56. The van der Waals surface area contributed by atoms with Gasteiger partial charge in [0.1, 0.15) is 23.4 Å². The van der Waals surface area contributed by atoms with E-state index in [2.05, 4.69) is 24.9 Å². The van der Waals surface area contributed by atoms with Crippen molar-refractivity contribution in [2.24, 2.45) is 0 Å². The summed E-state index contributed by atoms with van der Waals surface area (Å²) in [5, 5.41) is 9.32. The topological polar surface area (TPSA) is 88.6 Å². The summed E-state index contributed by atoms with van der Waals surface area (Å²) in [6.45, 7) is 0. The lowest BCUT2D eigenvalue weighted by Gasteiger charge is -2.12. The van der Waals surface area contributed by atoms with Crippen LogP contribution in [0.1, 0.15) is 0 Å². The van der Waals surface area contributed by atoms with Gasteiger partial charge in [0, 0.05) is 11.1 Å². The molecule has 174 valence electrons. The van der Waals surface area contributed by atoms with Crippen molar-refractivity contribution >= 4 is 16.3 Å². The van der Waals surface area contributed by atoms with Crippen LogP contribution in [0.2, 0.25) is 0 Å². The number of nitrogens with zero attached hydrogens (tertiary/aromatic N) is 6. The van der Waals surface area contributed by atoms with Gasteiger partial charge in [-0.25, -0.2) is 19.2 Å². The van der Waals surface area contributed by atoms with Gasteiger partial charge in [0.2, 0.25) is 4.96 Å². The molecule has 9 nitrogen and oxygen atoms in total. The predicted molar refractivity (Wildman–Crippen MR) is 116 cm³/mol. The highest BCUT2D eigenvalue weighted by molar-refractivity contribution is 7.19. The molecule has 0 aliphatic rings. The fraction of sp³-hybridized carbons (Fsp3) is 0.143. The Labute approximate surface area is 194 Å². The molecule has 0 fully saturated rings. The first-order valence-electron chi connectivity index (χ1n) is 9.68. The number of methoxy groups -OCH3 is 2. The molecule has 0 aliphatic heterocycles. The monoisotopic (exact) mass is 488 g/mol. The van der Waals surface area contributed by atoms with Crippen LogP contribution < -0.4 is 14.2 Å². The van der Waals surface area contributed by atoms with Crippen LogP contribution in [0.15, 0.2) is 55.2 Å². The molecule has 0 N–H and O–H groups in total. The van der Waals surface area contributed by atoms with E-state index in [0.717, 1.165) is 5.56 Å². The van der Waals surface area contributed by atoms with E-state index in [1.54, 1.807) is 37.1 Å². The Morgan fingerprint density at radius 2 is 1.82 bits per heavy atom. The molecule has 3 heterocycles. The highest BCUT2D eigenvalue weighted by atomic mass is 32.1. The molecule has 34 heavy (non-hydrogen) atoms. The Hall–Kier alpha value is -4.13. The Bertz CT molecular complexity index is 1430. The first-order chi connectivity index (χ1) is 16.3. The highest BCUT2D eigenvalue weighted by Crippen LogP contribution is 2.36. The molecule has 0 spiro atoms. The van der Waals surface area contributed by atoms with Gasteiger partial charge in [-0.15, -0.1) is 13.2 Å². The summed E-state index contributed by atoms with van der Waals surface area (Å²) in [6, 6.07) is 9.35. The summed E-state index contributed by atoms with van der Waals surface area (Å²) in [5.74, 6) is 0.783. The third-order valence-electron chi connectivity index (χ3n) is 4.82. The number of fused-ring (bicyclic) bond motifs is 1. The van der Waals surface area contributed by atoms with Crippen LogP contribution in [-0.2, 0) is 0 Å². The molecule has 0 radical (unpaired) electrons. The van der Waals surface area contributed by atoms with Gasteiger partial charge in [-0.2, -0.15) is 10.2 Å². The van der Waals surface area contributed by atoms with Crippen molar-refractivity contribution in [1.82, 2.24) is 29.4 Å². The van der Waals surface area contributed by atoms with Crippen LogP contribution in [0.4, 0.5) is 13.2 Å². The standard InChI is InChI=1S/C21H15F3N6O3S/c1-31-17-6-3-12(7-18(17)32-2)19-28-29-9-15(27-20(29)34-19)14-8-13(33-21(22,23)24)4-5-16(14)30-11-25-10-26-30/h3-11H,1-2H3. The summed E-state index contributed by atoms with van der Waals surface area (Å²) in [6.07, 6.45) is -0.429. The van der Waals surface area contributed by atoms with Crippen molar-refractivity contribution in [2.75, 3.05) is 14.2 Å². The maximum atomic E-state index is 12.8. The molecule has 5 aromatic rings. The van der Waals surface area contributed by atoms with Crippen LogP contribution in [0.25, 0.3) is 32.5 Å². The zero-order valence-corrected chi connectivity index (χ0v) is 18.5. The Morgan fingerprint density at radius 3 is 2.50 bits per heavy atom. The normalized spacial score (nSPS) is 11.7. The third-order valence-corrected chi connectivity index (χ3v) is 5.79. The number of hydrogen-bond acceptors (Lipinski definition) is 8. The average molecular weight is 488 g/mol. The average Bonchev–Trinajstić information content (AvgIpc) is 3.54. The second kappa shape index (κ2) is 8.33. The first-order valence-corrected chi connectivity index (χ1v) is 10.5. The van der Waals surface area contributed by atoms with E-state index in [1.807, 2.05) is 6.07 Å². The van der Waals surface area contributed by atoms with Gasteiger partial charge in [0.15, 0.2) is 11.5 Å². The molecule has 0 saturated heterocycles. The largest absolute Gasteiger partial charge is 0.573 e. The highest BCUT2D eigenvalue weighted by Gasteiger charge is 2.31. The van der Waals surface area contributed by atoms with Gasteiger partial charge in [-0.1, -0.05) is 11.3 Å². The molecule has 5 rings (SSSR count). The smallest absolute Gasteiger partial charge is 0.493 e. The van der Waals surface area contributed by atoms with E-state index in [-0.39, 0.29) is 5.75 Å². The molecule has 0 bridgehead atoms. The number of rotatable bonds is 6. The summed E-state index contributed by atoms with van der Waals surface area (Å²) in [4.78, 5) is 9.03. The van der Waals surface area contributed by atoms with Crippen LogP contribution in [0, 0.1) is 0 Å². The minimum atomic E-state index is -4.82. The summed E-state index contributed by atoms with van der Waals surface area (Å²) in [7, 11) is 3.10. The molecular weight excluding hydrogens is 473 g/mol. The summed E-state index contributed by atoms with van der Waals surface area (Å²) >= 11 is 1.31. The van der Waals surface area contributed by atoms with Gasteiger partial charge in [-0.3, -0.25) is 0 Å². The fourth-order valence-electron chi connectivity index (χ4n) is 3.37. The molecule has 13 heteroatoms. The maximum Gasteiger partial charge on any atom is 0.573 e. The lowest BCUT2D eigenvalue weighted by molar-refractivity contribution is -0.274. The van der Waals surface area contributed by atoms with Crippen molar-refractivity contribution in [3.8, 4) is 44.8 Å². The van der Waals surface area contributed by atoms with E-state index in [4.69, 9.17) is 9.47 Å². The van der Waals surface area contributed by atoms with Crippen molar-refractivity contribution in [3.63, 3.8) is 0 Å². The predicted octanol–water partition coefficient (Wildman–Crippen LogP) is 4.62. The van der Waals surface area contributed by atoms with Crippen LogP contribution in [0.3, 0.4) is 0 Å². The number of imidazole rings is 1. The van der Waals surface area contributed by atoms with Crippen LogP contribution >= 0.6 is 11.3 Å². The second-order valence-electron chi connectivity index (χ2n) is 6.90. The molecule has 0 aliphatic carbocycles. The van der Waals surface area contributed by atoms with Gasteiger partial charge in [0.25, 0.3) is 0 Å². The first kappa shape index (κ1) is 21.7. The number of hydrogen-bond donors (Lipinski definition) is 0. The minimum Gasteiger partial charge on any atom is -0.493 e. The van der Waals surface area contributed by atoms with Gasteiger partial charge >= 0.3 is 6.36 Å². The number of aromatic nitrogens is 6. The van der Waals surface area contributed by atoms with Crippen LogP contribution in [0.5, 0.6) is 17.2 Å². The van der Waals surface area contributed by atoms with Gasteiger partial charge in [0.05, 0.1) is 31.8 Å². The molecule has 0 unspecified atom stereocenters. The van der Waals surface area contributed by atoms with E-state index in [9.17, 15) is 13.2 Å². The maximum absolute atomic E-state index is 12.8. The number of benzene rings is 2. The van der Waals surface area contributed by atoms with Crippen molar-refractivity contribution in [1.29, 1.82) is 0 Å². The molecule has 0 amide bonds. The fourth-order valence-corrected chi connectivity index (χ4v) is 4.24. The SMILES string of the molecule is COc1ccc(-c2nn3cc(-c4cc(OC(F)(F)F)ccc4-n4cncn4)nc3s2)cc1OC. The number of alkyl halides is 3. The van der Waals surface area contributed by atoms with Crippen molar-refractivity contribution < 1.29 is 27.4 Å². The van der Waals surface area contributed by atoms with E-state index in [1.165, 1.54) is 46.9 Å². The van der Waals surface area contributed by atoms with Gasteiger partial charge < -0.3 is 14.2 Å². The van der Waals surface area contributed by atoms with Crippen molar-refractivity contribution in [2.45, 2.75) is 6.36 Å². The zero-order valence-electron chi connectivity index (χ0n) is 17.6. The van der Waals surface area contributed by atoms with Gasteiger partial charge in [-0.05, 0) is 36.4 Å². The zero-order chi connectivity index (χ0) is 23.9. The van der Waals surface area contributed by atoms with Crippen LogP contribution in [-0.4, -0.2) is 49.9 Å². The summed E-state index contributed by atoms with van der Waals surface area (Å²) < 4.78 is 56.0. The molecule has 2 aromatic carbocycles. The van der Waals surface area contributed by atoms with Crippen molar-refractivity contribution in [3.05, 3.63) is 55.2 Å². The van der Waals surface area contributed by atoms with E-state index < -0.39 is 6.36 Å². The number of halogens is 3. The lowest BCUT2D eigenvalue weighted by Crippen LogP contribution is -2.17. The Kier molecular flexibility index (Phi) is 5.32. The number of ether oxygens (including phenoxy) is 3. The van der Waals surface area contributed by atoms with E-state index >= 15 is 0 Å². The Morgan fingerprint density at radius 1 is 1.00 bits per heavy atom. The third kappa shape index (κ3) is 4.12. The quantitative estimate of drug-likeness (QED) is 0.345. The molecule has 0 saturated carbocycles. The lowest BCUT2D eigenvalue weighted by atomic mass is 10.1. The molecular formula is C21H15F3N6O3S. The summed E-state index contributed by atoms with van der Waals surface area (Å²) in [5.41, 5.74) is 2.06. The van der Waals surface area contributed by atoms with E-state index in [0.29, 0.717) is 38.4 Å².